The van der Waals surface area contributed by atoms with Crippen LogP contribution < -0.4 is 5.32 Å². The summed E-state index contributed by atoms with van der Waals surface area (Å²) in [5, 5.41) is 3.36. The van der Waals surface area contributed by atoms with Crippen LogP contribution >= 0.6 is 11.3 Å². The van der Waals surface area contributed by atoms with Crippen LogP contribution in [0.2, 0.25) is 0 Å². The van der Waals surface area contributed by atoms with Gasteiger partial charge in [-0.15, -0.1) is 11.3 Å². The highest BCUT2D eigenvalue weighted by atomic mass is 32.1. The number of nitrogens with one attached hydrogen (secondary N) is 1. The van der Waals surface area contributed by atoms with Crippen molar-refractivity contribution in [3.05, 3.63) is 10.6 Å². The van der Waals surface area contributed by atoms with Crippen LogP contribution in [-0.2, 0) is 9.59 Å². The van der Waals surface area contributed by atoms with Gasteiger partial charge in [-0.25, -0.2) is 4.98 Å². The summed E-state index contributed by atoms with van der Waals surface area (Å²) in [6, 6.07) is 0. The van der Waals surface area contributed by atoms with E-state index in [0.717, 1.165) is 23.4 Å². The molecular formula is C12H17N3O2S. The van der Waals surface area contributed by atoms with Gasteiger partial charge in [0.1, 0.15) is 0 Å². The van der Waals surface area contributed by atoms with Gasteiger partial charge in [0, 0.05) is 17.8 Å². The summed E-state index contributed by atoms with van der Waals surface area (Å²) in [6.45, 7) is 4.70. The number of rotatable bonds is 3. The van der Waals surface area contributed by atoms with Crippen LogP contribution in [0.15, 0.2) is 0 Å². The summed E-state index contributed by atoms with van der Waals surface area (Å²) in [5.74, 6) is -0.0955. The first-order valence-electron chi connectivity index (χ1n) is 6.08. The molecule has 0 aromatic carbocycles. The topological polar surface area (TPSA) is 62.3 Å². The van der Waals surface area contributed by atoms with Crippen LogP contribution in [0.5, 0.6) is 0 Å². The van der Waals surface area contributed by atoms with Gasteiger partial charge in [0.25, 0.3) is 0 Å². The standard InChI is InChI=1S/C12H17N3O2S/c1-8-9(2)18-12(13-8)14-10(16)7-15-6-4-3-5-11(15)17/h3-7H2,1-2H3,(H,13,14,16). The molecular weight excluding hydrogens is 250 g/mol. The highest BCUT2D eigenvalue weighted by Crippen LogP contribution is 2.21. The molecule has 98 valence electrons. The number of anilines is 1. The lowest BCUT2D eigenvalue weighted by Gasteiger charge is -2.25. The zero-order valence-corrected chi connectivity index (χ0v) is 11.5. The van der Waals surface area contributed by atoms with Gasteiger partial charge in [-0.05, 0) is 26.7 Å². The average Bonchev–Trinajstić information content (AvgIpc) is 2.61. The molecule has 1 aromatic rings. The van der Waals surface area contributed by atoms with E-state index in [9.17, 15) is 9.59 Å². The van der Waals surface area contributed by atoms with Gasteiger partial charge >= 0.3 is 0 Å². The van der Waals surface area contributed by atoms with Gasteiger partial charge in [-0.2, -0.15) is 0 Å². The van der Waals surface area contributed by atoms with Crippen LogP contribution in [0.25, 0.3) is 0 Å². The zero-order chi connectivity index (χ0) is 13.1. The fraction of sp³-hybridized carbons (Fsp3) is 0.583. The van der Waals surface area contributed by atoms with E-state index in [2.05, 4.69) is 10.3 Å². The largest absolute Gasteiger partial charge is 0.333 e. The minimum absolute atomic E-state index is 0.0721. The van der Waals surface area contributed by atoms with Crippen LogP contribution in [-0.4, -0.2) is 34.8 Å². The smallest absolute Gasteiger partial charge is 0.245 e. The predicted molar refractivity (Wildman–Crippen MR) is 70.6 cm³/mol. The number of carbonyl (C=O) groups excluding carboxylic acids is 2. The van der Waals surface area contributed by atoms with Crippen LogP contribution in [0.1, 0.15) is 29.8 Å². The Morgan fingerprint density at radius 3 is 2.83 bits per heavy atom. The highest BCUT2D eigenvalue weighted by molar-refractivity contribution is 7.15. The van der Waals surface area contributed by atoms with Crippen molar-refractivity contribution in [1.29, 1.82) is 0 Å². The summed E-state index contributed by atoms with van der Waals surface area (Å²) >= 11 is 1.46. The molecule has 0 unspecified atom stereocenters. The number of aryl methyl sites for hydroxylation is 2. The number of amides is 2. The number of thiazole rings is 1. The van der Waals surface area contributed by atoms with E-state index in [1.54, 1.807) is 4.90 Å². The molecule has 2 heterocycles. The van der Waals surface area contributed by atoms with E-state index in [1.807, 2.05) is 13.8 Å². The fourth-order valence-electron chi connectivity index (χ4n) is 1.89. The monoisotopic (exact) mass is 267 g/mol. The molecule has 1 fully saturated rings. The second-order valence-electron chi connectivity index (χ2n) is 4.48. The lowest BCUT2D eigenvalue weighted by atomic mass is 10.1. The molecule has 0 radical (unpaired) electrons. The lowest BCUT2D eigenvalue weighted by molar-refractivity contribution is -0.136. The van der Waals surface area contributed by atoms with Gasteiger partial charge in [0.2, 0.25) is 11.8 Å². The third-order valence-electron chi connectivity index (χ3n) is 3.03. The Balaban J connectivity index is 1.90. The SMILES string of the molecule is Cc1nc(NC(=O)CN2CCCCC2=O)sc1C. The van der Waals surface area contributed by atoms with Crippen LogP contribution in [0, 0.1) is 13.8 Å². The molecule has 1 N–H and O–H groups in total. The maximum atomic E-state index is 11.8. The van der Waals surface area contributed by atoms with Crippen LogP contribution in [0.4, 0.5) is 5.13 Å². The fourth-order valence-corrected chi connectivity index (χ4v) is 2.72. The Morgan fingerprint density at radius 1 is 1.44 bits per heavy atom. The first-order chi connectivity index (χ1) is 8.56. The summed E-state index contributed by atoms with van der Waals surface area (Å²) in [6.07, 6.45) is 2.47. The van der Waals surface area contributed by atoms with Crippen molar-refractivity contribution in [3.63, 3.8) is 0 Å². The molecule has 5 nitrogen and oxygen atoms in total. The zero-order valence-electron chi connectivity index (χ0n) is 10.7. The molecule has 0 aliphatic carbocycles. The molecule has 0 bridgehead atoms. The molecule has 2 amide bonds. The van der Waals surface area contributed by atoms with Crippen molar-refractivity contribution < 1.29 is 9.59 Å². The number of likely N-dealkylation sites (tertiary alicyclic amines) is 1. The Hall–Kier alpha value is -1.43. The van der Waals surface area contributed by atoms with Gasteiger partial charge in [0.15, 0.2) is 5.13 Å². The van der Waals surface area contributed by atoms with Gasteiger partial charge in [-0.1, -0.05) is 0 Å². The molecule has 1 aromatic heterocycles. The number of carbonyl (C=O) groups is 2. The minimum atomic E-state index is -0.168. The molecule has 1 aliphatic rings. The van der Waals surface area contributed by atoms with Crippen LogP contribution in [0.3, 0.4) is 0 Å². The van der Waals surface area contributed by atoms with Crippen molar-refractivity contribution in [2.75, 3.05) is 18.4 Å². The summed E-state index contributed by atoms with van der Waals surface area (Å²) in [5.41, 5.74) is 0.935. The van der Waals surface area contributed by atoms with Gasteiger partial charge in [0.05, 0.1) is 12.2 Å². The van der Waals surface area contributed by atoms with Crippen molar-refractivity contribution in [1.82, 2.24) is 9.88 Å². The minimum Gasteiger partial charge on any atom is -0.333 e. The van der Waals surface area contributed by atoms with E-state index < -0.39 is 0 Å². The predicted octanol–water partition coefficient (Wildman–Crippen LogP) is 1.71. The normalized spacial score (nSPS) is 15.9. The second-order valence-corrected chi connectivity index (χ2v) is 5.68. The second kappa shape index (κ2) is 5.48. The summed E-state index contributed by atoms with van der Waals surface area (Å²) in [7, 11) is 0. The molecule has 0 atom stereocenters. The third-order valence-corrected chi connectivity index (χ3v) is 4.02. The van der Waals surface area contributed by atoms with Gasteiger partial charge < -0.3 is 10.2 Å². The number of nitrogens with zero attached hydrogens (tertiary/aromatic N) is 2. The van der Waals surface area contributed by atoms with Crippen molar-refractivity contribution in [3.8, 4) is 0 Å². The Kier molecular flexibility index (Phi) is 3.96. The maximum absolute atomic E-state index is 11.8. The van der Waals surface area contributed by atoms with E-state index in [4.69, 9.17) is 0 Å². The number of piperidine rings is 1. The molecule has 6 heteroatoms. The average molecular weight is 267 g/mol. The lowest BCUT2D eigenvalue weighted by Crippen LogP contribution is -2.40. The summed E-state index contributed by atoms with van der Waals surface area (Å²) < 4.78 is 0. The summed E-state index contributed by atoms with van der Waals surface area (Å²) in [4.78, 5) is 30.3. The Morgan fingerprint density at radius 2 is 2.22 bits per heavy atom. The van der Waals surface area contributed by atoms with Gasteiger partial charge in [-0.3, -0.25) is 9.59 Å². The third kappa shape index (κ3) is 3.07. The molecule has 2 rings (SSSR count). The molecule has 0 saturated carbocycles. The highest BCUT2D eigenvalue weighted by Gasteiger charge is 2.20. The van der Waals surface area contributed by atoms with E-state index in [0.29, 0.717) is 18.1 Å². The maximum Gasteiger partial charge on any atom is 0.245 e. The Labute approximate surface area is 110 Å². The van der Waals surface area contributed by atoms with E-state index in [1.165, 1.54) is 11.3 Å². The molecule has 18 heavy (non-hydrogen) atoms. The van der Waals surface area contributed by atoms with Crippen molar-refractivity contribution in [2.24, 2.45) is 0 Å². The molecule has 0 spiro atoms. The van der Waals surface area contributed by atoms with Crippen molar-refractivity contribution >= 4 is 28.3 Å². The number of hydrogen-bond donors (Lipinski definition) is 1. The van der Waals surface area contributed by atoms with E-state index >= 15 is 0 Å². The quantitative estimate of drug-likeness (QED) is 0.907. The Bertz CT molecular complexity index is 450. The number of hydrogen-bond acceptors (Lipinski definition) is 4. The molecule has 1 aliphatic heterocycles. The molecule has 1 saturated heterocycles. The number of aromatic nitrogens is 1. The first kappa shape index (κ1) is 13.0. The van der Waals surface area contributed by atoms with E-state index in [-0.39, 0.29) is 18.4 Å². The van der Waals surface area contributed by atoms with Crippen molar-refractivity contribution in [2.45, 2.75) is 33.1 Å². The first-order valence-corrected chi connectivity index (χ1v) is 6.89.